The van der Waals surface area contributed by atoms with Crippen molar-refractivity contribution in [1.29, 1.82) is 0 Å². The van der Waals surface area contributed by atoms with Gasteiger partial charge < -0.3 is 15.4 Å². The second kappa shape index (κ2) is 8.12. The van der Waals surface area contributed by atoms with Crippen LogP contribution in [0.2, 0.25) is 0 Å². The Morgan fingerprint density at radius 1 is 1.43 bits per heavy atom. The summed E-state index contributed by atoms with van der Waals surface area (Å²) < 4.78 is 5.48. The van der Waals surface area contributed by atoms with Gasteiger partial charge in [-0.05, 0) is 12.5 Å². The van der Waals surface area contributed by atoms with E-state index in [1.165, 1.54) is 5.56 Å². The van der Waals surface area contributed by atoms with Crippen molar-refractivity contribution in [2.45, 2.75) is 19.6 Å². The Hall–Kier alpha value is -1.43. The topological polar surface area (TPSA) is 58.8 Å². The van der Waals surface area contributed by atoms with Crippen LogP contribution in [0.3, 0.4) is 0 Å². The van der Waals surface area contributed by atoms with Crippen LogP contribution in [0.15, 0.2) is 30.3 Å². The van der Waals surface area contributed by atoms with E-state index in [1.54, 1.807) is 0 Å². The summed E-state index contributed by atoms with van der Waals surface area (Å²) in [5.41, 5.74) is 6.88. The molecule has 2 rings (SSSR count). The summed E-state index contributed by atoms with van der Waals surface area (Å²) in [6, 6.07) is 10.2. The zero-order valence-electron chi connectivity index (χ0n) is 12.7. The second-order valence-electron chi connectivity index (χ2n) is 5.51. The van der Waals surface area contributed by atoms with Crippen LogP contribution in [0.25, 0.3) is 0 Å². The van der Waals surface area contributed by atoms with Gasteiger partial charge in [-0.15, -0.1) is 0 Å². The number of carbonyl (C=O) groups excluding carboxylic acids is 1. The van der Waals surface area contributed by atoms with Crippen molar-refractivity contribution in [1.82, 2.24) is 9.80 Å². The van der Waals surface area contributed by atoms with E-state index < -0.39 is 0 Å². The third-order valence-corrected chi connectivity index (χ3v) is 3.65. The molecule has 1 aliphatic rings. The Morgan fingerprint density at radius 2 is 2.19 bits per heavy atom. The largest absolute Gasteiger partial charge is 0.375 e. The summed E-state index contributed by atoms with van der Waals surface area (Å²) in [6.07, 6.45) is 0.125. The molecule has 0 bridgehead atoms. The number of benzene rings is 1. The molecule has 2 N–H and O–H groups in total. The number of hydrogen-bond donors (Lipinski definition) is 1. The van der Waals surface area contributed by atoms with Crippen LogP contribution in [-0.4, -0.2) is 61.1 Å². The number of amides is 1. The van der Waals surface area contributed by atoms with Gasteiger partial charge in [-0.3, -0.25) is 9.69 Å². The average molecular weight is 291 g/mol. The SMILES string of the molecule is CC1CN(C(=O)CN(CCN)Cc2ccccc2)CCO1. The summed E-state index contributed by atoms with van der Waals surface area (Å²) in [5.74, 6) is 0.162. The zero-order valence-corrected chi connectivity index (χ0v) is 12.7. The van der Waals surface area contributed by atoms with E-state index in [0.717, 1.165) is 13.1 Å². The van der Waals surface area contributed by atoms with Gasteiger partial charge in [-0.1, -0.05) is 30.3 Å². The lowest BCUT2D eigenvalue weighted by Gasteiger charge is -2.33. The molecule has 116 valence electrons. The summed E-state index contributed by atoms with van der Waals surface area (Å²) in [5, 5.41) is 0. The highest BCUT2D eigenvalue weighted by Crippen LogP contribution is 2.08. The number of morpholine rings is 1. The number of nitrogens with zero attached hydrogens (tertiary/aromatic N) is 2. The van der Waals surface area contributed by atoms with Crippen LogP contribution in [0.4, 0.5) is 0 Å². The maximum absolute atomic E-state index is 12.4. The molecule has 5 heteroatoms. The molecule has 1 unspecified atom stereocenters. The molecule has 0 radical (unpaired) electrons. The minimum Gasteiger partial charge on any atom is -0.375 e. The van der Waals surface area contributed by atoms with Gasteiger partial charge >= 0.3 is 0 Å². The van der Waals surface area contributed by atoms with E-state index >= 15 is 0 Å². The minimum absolute atomic E-state index is 0.125. The average Bonchev–Trinajstić information content (AvgIpc) is 2.48. The Bertz CT molecular complexity index is 438. The van der Waals surface area contributed by atoms with E-state index in [-0.39, 0.29) is 12.0 Å². The molecule has 0 aromatic heterocycles. The fourth-order valence-corrected chi connectivity index (χ4v) is 2.57. The van der Waals surface area contributed by atoms with Crippen molar-refractivity contribution in [3.63, 3.8) is 0 Å². The highest BCUT2D eigenvalue weighted by molar-refractivity contribution is 5.78. The van der Waals surface area contributed by atoms with Crippen LogP contribution in [0, 0.1) is 0 Å². The molecule has 1 amide bonds. The predicted molar refractivity (Wildman–Crippen MR) is 82.8 cm³/mol. The zero-order chi connectivity index (χ0) is 15.1. The van der Waals surface area contributed by atoms with E-state index in [2.05, 4.69) is 17.0 Å². The second-order valence-corrected chi connectivity index (χ2v) is 5.51. The first kappa shape index (κ1) is 15.9. The molecule has 1 aromatic carbocycles. The normalized spacial score (nSPS) is 19.0. The molecule has 1 fully saturated rings. The lowest BCUT2D eigenvalue weighted by Crippen LogP contribution is -2.48. The summed E-state index contributed by atoms with van der Waals surface area (Å²) in [6.45, 7) is 6.44. The van der Waals surface area contributed by atoms with E-state index in [4.69, 9.17) is 10.5 Å². The van der Waals surface area contributed by atoms with Gasteiger partial charge in [-0.25, -0.2) is 0 Å². The number of ether oxygens (including phenoxy) is 1. The van der Waals surface area contributed by atoms with Crippen LogP contribution < -0.4 is 5.73 Å². The maximum atomic E-state index is 12.4. The highest BCUT2D eigenvalue weighted by atomic mass is 16.5. The molecule has 21 heavy (non-hydrogen) atoms. The van der Waals surface area contributed by atoms with E-state index in [1.807, 2.05) is 30.0 Å². The molecule has 1 saturated heterocycles. The van der Waals surface area contributed by atoms with Gasteiger partial charge in [0, 0.05) is 32.7 Å². The van der Waals surface area contributed by atoms with Crippen molar-refractivity contribution in [3.05, 3.63) is 35.9 Å². The van der Waals surface area contributed by atoms with Crippen molar-refractivity contribution >= 4 is 5.91 Å². The Kier molecular flexibility index (Phi) is 6.17. The first-order chi connectivity index (χ1) is 10.2. The Balaban J connectivity index is 1.90. The molecule has 1 aliphatic heterocycles. The van der Waals surface area contributed by atoms with Gasteiger partial charge in [0.15, 0.2) is 0 Å². The third kappa shape index (κ3) is 5.12. The third-order valence-electron chi connectivity index (χ3n) is 3.65. The van der Waals surface area contributed by atoms with Crippen LogP contribution in [0.5, 0.6) is 0 Å². The molecule has 5 nitrogen and oxygen atoms in total. The standard InChI is InChI=1S/C16H25N3O2/c1-14-11-19(9-10-21-14)16(20)13-18(8-7-17)12-15-5-3-2-4-6-15/h2-6,14H,7-13,17H2,1H3. The number of carbonyl (C=O) groups is 1. The Labute approximate surface area is 126 Å². The summed E-state index contributed by atoms with van der Waals surface area (Å²) >= 11 is 0. The van der Waals surface area contributed by atoms with E-state index in [9.17, 15) is 4.79 Å². The molecule has 1 aromatic rings. The number of nitrogens with two attached hydrogens (primary N) is 1. The van der Waals surface area contributed by atoms with Gasteiger partial charge in [0.2, 0.25) is 5.91 Å². The van der Waals surface area contributed by atoms with Crippen molar-refractivity contribution in [2.75, 3.05) is 39.3 Å². The first-order valence-corrected chi connectivity index (χ1v) is 7.54. The molecule has 0 saturated carbocycles. The first-order valence-electron chi connectivity index (χ1n) is 7.54. The molecule has 0 aliphatic carbocycles. The highest BCUT2D eigenvalue weighted by Gasteiger charge is 2.22. The predicted octanol–water partition coefficient (Wildman–Crippen LogP) is 0.695. The van der Waals surface area contributed by atoms with Crippen molar-refractivity contribution in [2.24, 2.45) is 5.73 Å². The number of hydrogen-bond acceptors (Lipinski definition) is 4. The quantitative estimate of drug-likeness (QED) is 0.838. The van der Waals surface area contributed by atoms with Crippen molar-refractivity contribution < 1.29 is 9.53 Å². The molecule has 0 spiro atoms. The molecular weight excluding hydrogens is 266 g/mol. The smallest absolute Gasteiger partial charge is 0.236 e. The van der Waals surface area contributed by atoms with E-state index in [0.29, 0.717) is 32.8 Å². The maximum Gasteiger partial charge on any atom is 0.236 e. The fraction of sp³-hybridized carbons (Fsp3) is 0.562. The lowest BCUT2D eigenvalue weighted by atomic mass is 10.2. The van der Waals surface area contributed by atoms with Crippen LogP contribution >= 0.6 is 0 Å². The number of rotatable bonds is 6. The summed E-state index contributed by atoms with van der Waals surface area (Å²) in [4.78, 5) is 16.4. The minimum atomic E-state index is 0.125. The summed E-state index contributed by atoms with van der Waals surface area (Å²) in [7, 11) is 0. The molecule has 1 atom stereocenters. The van der Waals surface area contributed by atoms with Gasteiger partial charge in [0.25, 0.3) is 0 Å². The van der Waals surface area contributed by atoms with Gasteiger partial charge in [0.05, 0.1) is 19.3 Å². The lowest BCUT2D eigenvalue weighted by molar-refractivity contribution is -0.139. The Morgan fingerprint density at radius 3 is 2.86 bits per heavy atom. The fourth-order valence-electron chi connectivity index (χ4n) is 2.57. The van der Waals surface area contributed by atoms with Crippen LogP contribution in [-0.2, 0) is 16.1 Å². The van der Waals surface area contributed by atoms with Gasteiger partial charge in [-0.2, -0.15) is 0 Å². The van der Waals surface area contributed by atoms with Crippen molar-refractivity contribution in [3.8, 4) is 0 Å². The molecular formula is C16H25N3O2. The molecule has 1 heterocycles. The van der Waals surface area contributed by atoms with Gasteiger partial charge in [0.1, 0.15) is 0 Å². The van der Waals surface area contributed by atoms with Crippen LogP contribution in [0.1, 0.15) is 12.5 Å². The monoisotopic (exact) mass is 291 g/mol.